The fourth-order valence-corrected chi connectivity index (χ4v) is 9.23. The molecule has 0 aromatic heterocycles. The number of hydrogen-bond donors (Lipinski definition) is 3. The Balaban J connectivity index is 0.000000325. The molecule has 3 saturated carbocycles. The van der Waals surface area contributed by atoms with Crippen molar-refractivity contribution < 1.29 is 9.90 Å². The second kappa shape index (κ2) is 10.8. The molecular formula is C31H53N3O2. The topological polar surface area (TPSA) is 76.4 Å². The highest BCUT2D eigenvalue weighted by atomic mass is 16.3. The maximum atomic E-state index is 10.4. The quantitative estimate of drug-likeness (QED) is 0.385. The highest BCUT2D eigenvalue weighted by molar-refractivity contribution is 6.02. The predicted molar refractivity (Wildman–Crippen MR) is 148 cm³/mol. The van der Waals surface area contributed by atoms with E-state index in [2.05, 4.69) is 46.0 Å². The molecule has 5 heteroatoms. The number of amides is 1. The average Bonchev–Trinajstić information content (AvgIpc) is 3.31. The first-order valence-electron chi connectivity index (χ1n) is 14.9. The molecule has 0 spiro atoms. The van der Waals surface area contributed by atoms with Crippen molar-refractivity contribution in [1.82, 2.24) is 10.2 Å². The van der Waals surface area contributed by atoms with Gasteiger partial charge in [0.05, 0.1) is 12.6 Å². The van der Waals surface area contributed by atoms with E-state index in [1.54, 1.807) is 17.5 Å². The van der Waals surface area contributed by atoms with E-state index in [4.69, 9.17) is 5.41 Å². The zero-order valence-corrected chi connectivity index (χ0v) is 23.9. The Bertz CT molecular complexity index is 853. The van der Waals surface area contributed by atoms with Crippen LogP contribution in [-0.2, 0) is 4.79 Å². The number of nitrogens with zero attached hydrogens (tertiary/aromatic N) is 1. The number of allylic oxidation sites excluding steroid dienone is 1. The molecule has 4 fully saturated rings. The summed E-state index contributed by atoms with van der Waals surface area (Å²) in [6.07, 6.45) is 17.2. The fraction of sp³-hybridized carbons (Fsp3) is 0.871. The summed E-state index contributed by atoms with van der Waals surface area (Å²) in [5, 5.41) is 19.5. The van der Waals surface area contributed by atoms with Gasteiger partial charge >= 0.3 is 0 Å². The minimum atomic E-state index is -0.0995. The molecule has 0 unspecified atom stereocenters. The number of carbonyl (C=O) groups excluding carboxylic acids is 1. The smallest absolute Gasteiger partial charge is 0.246 e. The van der Waals surface area contributed by atoms with Gasteiger partial charge in [-0.3, -0.25) is 15.5 Å². The van der Waals surface area contributed by atoms with Crippen LogP contribution in [0.15, 0.2) is 11.6 Å². The Morgan fingerprint density at radius 1 is 1.11 bits per heavy atom. The summed E-state index contributed by atoms with van der Waals surface area (Å²) in [7, 11) is 1.69. The minimum Gasteiger partial charge on any atom is -0.393 e. The lowest BCUT2D eigenvalue weighted by Crippen LogP contribution is -2.50. The van der Waals surface area contributed by atoms with Gasteiger partial charge in [0.25, 0.3) is 0 Å². The number of rotatable bonds is 5. The number of aliphatic hydroxyl groups is 1. The Labute approximate surface area is 220 Å². The van der Waals surface area contributed by atoms with Crippen molar-refractivity contribution in [3.8, 4) is 0 Å². The molecule has 1 amide bonds. The summed E-state index contributed by atoms with van der Waals surface area (Å²) in [5.74, 6) is 5.55. The van der Waals surface area contributed by atoms with Crippen molar-refractivity contribution in [1.29, 1.82) is 5.41 Å². The van der Waals surface area contributed by atoms with E-state index in [-0.39, 0.29) is 18.0 Å². The molecule has 36 heavy (non-hydrogen) atoms. The van der Waals surface area contributed by atoms with Crippen LogP contribution in [0, 0.1) is 51.7 Å². The van der Waals surface area contributed by atoms with Gasteiger partial charge in [-0.15, -0.1) is 0 Å². The largest absolute Gasteiger partial charge is 0.393 e. The second-order valence-corrected chi connectivity index (χ2v) is 13.9. The number of carbonyl (C=O) groups is 1. The van der Waals surface area contributed by atoms with Gasteiger partial charge in [-0.25, -0.2) is 0 Å². The van der Waals surface area contributed by atoms with E-state index in [0.717, 1.165) is 48.3 Å². The summed E-state index contributed by atoms with van der Waals surface area (Å²) in [6.45, 7) is 12.9. The lowest BCUT2D eigenvalue weighted by molar-refractivity contribution is -0.118. The van der Waals surface area contributed by atoms with Gasteiger partial charge in [0, 0.05) is 7.05 Å². The zero-order chi connectivity index (χ0) is 26.3. The van der Waals surface area contributed by atoms with Gasteiger partial charge in [-0.05, 0) is 97.7 Å². The number of fused-ring (bicyclic) bond motifs is 5. The van der Waals surface area contributed by atoms with E-state index in [9.17, 15) is 9.90 Å². The van der Waals surface area contributed by atoms with Gasteiger partial charge in [0.15, 0.2) is 5.96 Å². The predicted octanol–water partition coefficient (Wildman–Crippen LogP) is 6.37. The molecule has 8 atom stereocenters. The molecule has 204 valence electrons. The first kappa shape index (κ1) is 27.7. The maximum absolute atomic E-state index is 10.4. The Kier molecular flexibility index (Phi) is 8.29. The van der Waals surface area contributed by atoms with Gasteiger partial charge in [-0.2, -0.15) is 0 Å². The van der Waals surface area contributed by atoms with Crippen LogP contribution in [0.5, 0.6) is 0 Å². The molecular weight excluding hydrogens is 446 g/mol. The fourth-order valence-electron chi connectivity index (χ4n) is 9.23. The van der Waals surface area contributed by atoms with Gasteiger partial charge in [0.2, 0.25) is 5.91 Å². The Morgan fingerprint density at radius 3 is 2.47 bits per heavy atom. The molecule has 5 rings (SSSR count). The van der Waals surface area contributed by atoms with Crippen molar-refractivity contribution >= 4 is 11.9 Å². The Morgan fingerprint density at radius 2 is 1.86 bits per heavy atom. The monoisotopic (exact) mass is 499 g/mol. The number of likely N-dealkylation sites (N-methyl/N-ethyl adjacent to an activating group) is 1. The summed E-state index contributed by atoms with van der Waals surface area (Å²) in [5.41, 5.74) is 2.60. The average molecular weight is 500 g/mol. The van der Waals surface area contributed by atoms with E-state index >= 15 is 0 Å². The third kappa shape index (κ3) is 5.28. The molecule has 0 aromatic carbocycles. The molecule has 4 aliphatic carbocycles. The molecule has 5 nitrogen and oxygen atoms in total. The first-order valence-corrected chi connectivity index (χ1v) is 14.9. The molecule has 5 aliphatic rings. The van der Waals surface area contributed by atoms with Crippen molar-refractivity contribution in [2.24, 2.45) is 46.3 Å². The minimum absolute atomic E-state index is 0.0766. The second-order valence-electron chi connectivity index (χ2n) is 13.9. The summed E-state index contributed by atoms with van der Waals surface area (Å²) < 4.78 is 0. The highest BCUT2D eigenvalue weighted by Gasteiger charge is 2.59. The van der Waals surface area contributed by atoms with Crippen molar-refractivity contribution in [2.45, 2.75) is 111 Å². The summed E-state index contributed by atoms with van der Waals surface area (Å²) >= 11 is 0. The van der Waals surface area contributed by atoms with Crippen LogP contribution in [0.1, 0.15) is 105 Å². The third-order valence-electron chi connectivity index (χ3n) is 11.3. The normalized spacial score (nSPS) is 40.5. The van der Waals surface area contributed by atoms with Crippen LogP contribution in [-0.4, -0.2) is 41.6 Å². The maximum Gasteiger partial charge on any atom is 0.246 e. The van der Waals surface area contributed by atoms with Gasteiger partial charge in [0.1, 0.15) is 0 Å². The van der Waals surface area contributed by atoms with Gasteiger partial charge in [-0.1, -0.05) is 65.5 Å². The van der Waals surface area contributed by atoms with Crippen molar-refractivity contribution in [3.05, 3.63) is 11.6 Å². The molecule has 0 radical (unpaired) electrons. The number of hydrogen-bond acceptors (Lipinski definition) is 3. The molecule has 1 heterocycles. The molecule has 1 aliphatic heterocycles. The lowest BCUT2D eigenvalue weighted by Gasteiger charge is -2.58. The van der Waals surface area contributed by atoms with E-state index < -0.39 is 0 Å². The van der Waals surface area contributed by atoms with E-state index in [0.29, 0.717) is 17.4 Å². The van der Waals surface area contributed by atoms with Crippen LogP contribution in [0.2, 0.25) is 0 Å². The van der Waals surface area contributed by atoms with Crippen LogP contribution in [0.3, 0.4) is 0 Å². The van der Waals surface area contributed by atoms with E-state index in [1.165, 1.54) is 57.8 Å². The SMILES string of the molecule is CC(C)CCC[C@@H](C)[C@H]1CC[C@H]2[C@@H]3CC=C4C[C@@H](O)CC[C@]4(C)[C@H]3CC[C@]12C.CN1CC(=O)NC1=N. The van der Waals surface area contributed by atoms with Crippen LogP contribution in [0.25, 0.3) is 0 Å². The van der Waals surface area contributed by atoms with Crippen LogP contribution < -0.4 is 5.32 Å². The molecule has 3 N–H and O–H groups in total. The Hall–Kier alpha value is -1.36. The zero-order valence-electron chi connectivity index (χ0n) is 23.9. The van der Waals surface area contributed by atoms with Gasteiger partial charge < -0.3 is 10.0 Å². The molecule has 0 bridgehead atoms. The highest BCUT2D eigenvalue weighted by Crippen LogP contribution is 2.67. The van der Waals surface area contributed by atoms with E-state index in [1.807, 2.05) is 0 Å². The molecule has 1 saturated heterocycles. The summed E-state index contributed by atoms with van der Waals surface area (Å²) in [6, 6.07) is 0. The van der Waals surface area contributed by atoms with Crippen molar-refractivity contribution in [3.63, 3.8) is 0 Å². The van der Waals surface area contributed by atoms with Crippen LogP contribution >= 0.6 is 0 Å². The molecule has 0 aromatic rings. The number of guanidine groups is 1. The first-order chi connectivity index (χ1) is 17.0. The number of nitrogens with one attached hydrogen (secondary N) is 2. The van der Waals surface area contributed by atoms with Crippen molar-refractivity contribution in [2.75, 3.05) is 13.6 Å². The third-order valence-corrected chi connectivity index (χ3v) is 11.3. The summed E-state index contributed by atoms with van der Waals surface area (Å²) in [4.78, 5) is 11.9. The number of aliphatic hydroxyl groups excluding tert-OH is 1. The van der Waals surface area contributed by atoms with Crippen LogP contribution in [0.4, 0.5) is 0 Å². The lowest BCUT2D eigenvalue weighted by atomic mass is 9.47. The standard InChI is InChI=1S/C27H46O.C4H7N3O/c1-18(2)7-6-8-19(3)23-11-12-24-22-10-9-20-17-21(28)13-15-26(20,4)25(22)14-16-27(23,24)5;1-7-2-3(8)6-4(7)5/h9,18-19,21-25,28H,6-8,10-17H2,1-5H3;2H2,1H3,(H2,5,6,8)/t19-,21+,22+,23-,24+,25+,26+,27-;/m1./s1.